The molecule has 0 saturated carbocycles. The van der Waals surface area contributed by atoms with Gasteiger partial charge < -0.3 is 4.84 Å². The minimum Gasteiger partial charge on any atom is -0.374 e. The zero-order valence-corrected chi connectivity index (χ0v) is 21.0. The lowest BCUT2D eigenvalue weighted by molar-refractivity contribution is -0.275. The maximum Gasteiger partial charge on any atom is 0.451 e. The minimum atomic E-state index is -4.88. The molecule has 1 atom stereocenters. The van der Waals surface area contributed by atoms with Crippen LogP contribution in [-0.4, -0.2) is 32.6 Å². The summed E-state index contributed by atoms with van der Waals surface area (Å²) in [5.74, 6) is -2.62. The van der Waals surface area contributed by atoms with E-state index in [2.05, 4.69) is 20.6 Å². The first-order chi connectivity index (χ1) is 17.6. The lowest BCUT2D eigenvalue weighted by atomic mass is 9.86. The second-order valence-electron chi connectivity index (χ2n) is 8.35. The van der Waals surface area contributed by atoms with E-state index in [0.717, 1.165) is 12.1 Å². The molecule has 3 aromatic rings. The molecule has 38 heavy (non-hydrogen) atoms. The Labute approximate surface area is 221 Å². The Kier molecular flexibility index (Phi) is 7.12. The molecule has 202 valence electrons. The van der Waals surface area contributed by atoms with Crippen LogP contribution in [0.4, 0.5) is 32.3 Å². The predicted molar refractivity (Wildman–Crippen MR) is 126 cm³/mol. The van der Waals surface area contributed by atoms with Gasteiger partial charge in [0, 0.05) is 34.1 Å². The van der Waals surface area contributed by atoms with E-state index in [1.165, 1.54) is 38.1 Å². The largest absolute Gasteiger partial charge is 0.451 e. The number of aromatic nitrogens is 3. The van der Waals surface area contributed by atoms with Crippen LogP contribution in [0, 0.1) is 6.92 Å². The van der Waals surface area contributed by atoms with E-state index < -0.39 is 42.1 Å². The Bertz CT molecular complexity index is 1420. The van der Waals surface area contributed by atoms with Crippen molar-refractivity contribution in [2.24, 2.45) is 5.16 Å². The predicted octanol–water partition coefficient (Wildman–Crippen LogP) is 6.77. The molecular formula is C23H17Cl2F6N5O2. The van der Waals surface area contributed by atoms with Crippen molar-refractivity contribution in [3.8, 4) is 0 Å². The highest BCUT2D eigenvalue weighted by Crippen LogP contribution is 2.49. The molecule has 7 nitrogen and oxygen atoms in total. The van der Waals surface area contributed by atoms with Gasteiger partial charge >= 0.3 is 12.4 Å². The Morgan fingerprint density at radius 3 is 2.29 bits per heavy atom. The molecule has 1 aliphatic heterocycles. The number of hydrogen-bond donors (Lipinski definition) is 1. The third-order valence-corrected chi connectivity index (χ3v) is 6.21. The van der Waals surface area contributed by atoms with Crippen molar-refractivity contribution in [2.45, 2.75) is 44.8 Å². The summed E-state index contributed by atoms with van der Waals surface area (Å²) in [5.41, 5.74) is -2.62. The van der Waals surface area contributed by atoms with Crippen molar-refractivity contribution in [3.05, 3.63) is 74.5 Å². The van der Waals surface area contributed by atoms with Gasteiger partial charge in [-0.15, -0.1) is 5.10 Å². The van der Waals surface area contributed by atoms with Crippen LogP contribution in [0.2, 0.25) is 10.0 Å². The van der Waals surface area contributed by atoms with Crippen LogP contribution < -0.4 is 5.32 Å². The van der Waals surface area contributed by atoms with Gasteiger partial charge in [0.2, 0.25) is 11.8 Å². The summed E-state index contributed by atoms with van der Waals surface area (Å²) in [4.78, 5) is 21.0. The number of carbonyl (C=O) groups excluding carboxylic acids is 1. The van der Waals surface area contributed by atoms with Crippen LogP contribution in [-0.2, 0) is 23.2 Å². The molecule has 0 spiro atoms. The van der Waals surface area contributed by atoms with E-state index in [-0.39, 0.29) is 39.0 Å². The van der Waals surface area contributed by atoms with Gasteiger partial charge in [0.25, 0.3) is 11.5 Å². The second-order valence-corrected chi connectivity index (χ2v) is 9.22. The molecule has 0 saturated heterocycles. The van der Waals surface area contributed by atoms with Gasteiger partial charge in [-0.2, -0.15) is 31.3 Å². The number of aryl methyl sites for hydroxylation is 2. The van der Waals surface area contributed by atoms with Gasteiger partial charge in [-0.3, -0.25) is 10.1 Å². The van der Waals surface area contributed by atoms with Crippen molar-refractivity contribution >= 4 is 40.8 Å². The van der Waals surface area contributed by atoms with Crippen molar-refractivity contribution < 1.29 is 36.0 Å². The van der Waals surface area contributed by atoms with Crippen LogP contribution >= 0.6 is 23.2 Å². The van der Waals surface area contributed by atoms with Gasteiger partial charge in [0.05, 0.1) is 5.71 Å². The Hall–Kier alpha value is -3.32. The van der Waals surface area contributed by atoms with Crippen LogP contribution in [0.15, 0.2) is 41.6 Å². The van der Waals surface area contributed by atoms with Crippen molar-refractivity contribution in [1.82, 2.24) is 14.8 Å². The number of hydrogen-bond acceptors (Lipinski definition) is 5. The normalized spacial score (nSPS) is 17.8. The molecule has 4 rings (SSSR count). The molecule has 2 aromatic carbocycles. The molecule has 1 unspecified atom stereocenters. The van der Waals surface area contributed by atoms with Gasteiger partial charge in [0.1, 0.15) is 0 Å². The molecule has 1 amide bonds. The third-order valence-electron chi connectivity index (χ3n) is 5.77. The van der Waals surface area contributed by atoms with E-state index in [9.17, 15) is 31.1 Å². The molecule has 0 bridgehead atoms. The monoisotopic (exact) mass is 579 g/mol. The zero-order valence-electron chi connectivity index (χ0n) is 19.5. The summed E-state index contributed by atoms with van der Waals surface area (Å²) in [7, 11) is 0. The maximum absolute atomic E-state index is 14.2. The number of oxime groups is 1. The quantitative estimate of drug-likeness (QED) is 0.338. The molecule has 0 fully saturated rings. The van der Waals surface area contributed by atoms with E-state index >= 15 is 0 Å². The topological polar surface area (TPSA) is 81.4 Å². The van der Waals surface area contributed by atoms with Crippen molar-refractivity contribution in [1.29, 1.82) is 0 Å². The van der Waals surface area contributed by atoms with Crippen LogP contribution in [0.1, 0.15) is 46.2 Å². The van der Waals surface area contributed by atoms with Gasteiger partial charge in [-0.05, 0) is 55.3 Å². The highest BCUT2D eigenvalue weighted by Gasteiger charge is 2.62. The number of alkyl halides is 6. The Morgan fingerprint density at radius 1 is 1.11 bits per heavy atom. The SMILES string of the molecule is CCn1nc(NC(=O)c2ccc(C3=NOC(c4cc(Cl)cc(Cl)c4)(C(F)(F)F)C3)cc2C)nc1C(F)(F)F. The fraction of sp³-hybridized carbons (Fsp3) is 0.304. The van der Waals surface area contributed by atoms with Gasteiger partial charge in [0.15, 0.2) is 0 Å². The number of anilines is 1. The Balaban J connectivity index is 1.58. The third kappa shape index (κ3) is 5.17. The van der Waals surface area contributed by atoms with Crippen LogP contribution in [0.3, 0.4) is 0 Å². The van der Waals surface area contributed by atoms with Crippen molar-refractivity contribution in [3.63, 3.8) is 0 Å². The van der Waals surface area contributed by atoms with Crippen LogP contribution in [0.25, 0.3) is 0 Å². The first kappa shape index (κ1) is 27.7. The fourth-order valence-electron chi connectivity index (χ4n) is 3.94. The summed E-state index contributed by atoms with van der Waals surface area (Å²) in [6.07, 6.45) is -10.3. The highest BCUT2D eigenvalue weighted by molar-refractivity contribution is 6.34. The first-order valence-electron chi connectivity index (χ1n) is 10.9. The maximum atomic E-state index is 14.2. The summed E-state index contributed by atoms with van der Waals surface area (Å²) in [6, 6.07) is 7.53. The second kappa shape index (κ2) is 9.77. The Morgan fingerprint density at radius 2 is 1.76 bits per heavy atom. The summed E-state index contributed by atoms with van der Waals surface area (Å²) in [6.45, 7) is 2.81. The summed E-state index contributed by atoms with van der Waals surface area (Å²) >= 11 is 11.8. The molecule has 0 aliphatic carbocycles. The molecule has 2 heterocycles. The standard InChI is InChI=1S/C23H17Cl2F6N5O2/c1-3-36-19(22(26,27)28)33-20(34-36)32-18(37)16-5-4-12(6-11(16)2)17-10-21(38-35-17,23(29,30)31)13-7-14(24)9-15(25)8-13/h4-9H,3,10H2,1-2H3,(H,32,34,37). The fourth-order valence-corrected chi connectivity index (χ4v) is 4.46. The minimum absolute atomic E-state index is 0.0139. The summed E-state index contributed by atoms with van der Waals surface area (Å²) < 4.78 is 82.6. The smallest absolute Gasteiger partial charge is 0.374 e. The average Bonchev–Trinajstić information content (AvgIpc) is 3.43. The molecule has 1 aromatic heterocycles. The number of rotatable bonds is 5. The molecule has 15 heteroatoms. The molecule has 1 N–H and O–H groups in total. The number of nitrogens with zero attached hydrogens (tertiary/aromatic N) is 4. The van der Waals surface area contributed by atoms with E-state index in [4.69, 9.17) is 28.0 Å². The number of amides is 1. The van der Waals surface area contributed by atoms with Gasteiger partial charge in [-0.1, -0.05) is 34.4 Å². The lowest BCUT2D eigenvalue weighted by Gasteiger charge is -2.29. The van der Waals surface area contributed by atoms with Crippen molar-refractivity contribution in [2.75, 3.05) is 5.32 Å². The van der Waals surface area contributed by atoms with E-state index in [1.54, 1.807) is 0 Å². The molecule has 1 aliphatic rings. The average molecular weight is 580 g/mol. The van der Waals surface area contributed by atoms with Gasteiger partial charge in [-0.25, -0.2) is 4.68 Å². The molecular weight excluding hydrogens is 563 g/mol. The number of nitrogens with one attached hydrogen (secondary N) is 1. The zero-order chi connectivity index (χ0) is 28.0. The van der Waals surface area contributed by atoms with E-state index in [0.29, 0.717) is 10.2 Å². The van der Waals surface area contributed by atoms with E-state index in [1.807, 2.05) is 0 Å². The summed E-state index contributed by atoms with van der Waals surface area (Å²) in [5, 5.41) is 9.50. The number of halogens is 8. The highest BCUT2D eigenvalue weighted by atomic mass is 35.5. The number of carbonyl (C=O) groups is 1. The lowest BCUT2D eigenvalue weighted by Crippen LogP contribution is -2.42. The number of benzene rings is 2. The first-order valence-corrected chi connectivity index (χ1v) is 11.6. The van der Waals surface area contributed by atoms with Crippen LogP contribution in [0.5, 0.6) is 0 Å². The molecule has 0 radical (unpaired) electrons.